The van der Waals surface area contributed by atoms with Crippen LogP contribution >= 0.6 is 0 Å². The highest BCUT2D eigenvalue weighted by atomic mass is 16.1. The number of nitrogens with zero attached hydrogens (tertiary/aromatic N) is 2. The number of allylic oxidation sites excluding steroid dienone is 3. The number of hydrogen-bond donors (Lipinski definition) is 3. The molecule has 2 aromatic heterocycles. The molecule has 1 amide bonds. The molecule has 1 aliphatic carbocycles. The van der Waals surface area contributed by atoms with Gasteiger partial charge >= 0.3 is 0 Å². The molecule has 6 nitrogen and oxygen atoms in total. The van der Waals surface area contributed by atoms with Crippen molar-refractivity contribution in [3.8, 4) is 11.5 Å². The van der Waals surface area contributed by atoms with E-state index in [1.807, 2.05) is 60.7 Å². The number of aromatic nitrogens is 4. The van der Waals surface area contributed by atoms with Gasteiger partial charge in [-0.05, 0) is 35.8 Å². The first-order chi connectivity index (χ1) is 13.8. The molecule has 0 radical (unpaired) electrons. The van der Waals surface area contributed by atoms with Crippen LogP contribution in [-0.2, 0) is 4.79 Å². The van der Waals surface area contributed by atoms with Crippen molar-refractivity contribution in [1.82, 2.24) is 20.2 Å². The van der Waals surface area contributed by atoms with Gasteiger partial charge in [0.1, 0.15) is 0 Å². The summed E-state index contributed by atoms with van der Waals surface area (Å²) in [6.45, 7) is 0. The monoisotopic (exact) mass is 367 g/mol. The normalized spacial score (nSPS) is 13.4. The second-order valence-corrected chi connectivity index (χ2v) is 6.60. The average Bonchev–Trinajstić information content (AvgIpc) is 3.47. The van der Waals surface area contributed by atoms with Gasteiger partial charge in [0.15, 0.2) is 11.5 Å². The van der Waals surface area contributed by atoms with Crippen LogP contribution in [0.1, 0.15) is 12.0 Å². The Balaban J connectivity index is 1.38. The summed E-state index contributed by atoms with van der Waals surface area (Å²) >= 11 is 0. The van der Waals surface area contributed by atoms with Crippen LogP contribution in [0.15, 0.2) is 78.5 Å². The predicted molar refractivity (Wildman–Crippen MR) is 109 cm³/mol. The van der Waals surface area contributed by atoms with Gasteiger partial charge in [0.05, 0.1) is 16.7 Å². The molecule has 0 unspecified atom stereocenters. The summed E-state index contributed by atoms with van der Waals surface area (Å²) in [6.07, 6.45) is 6.28. The number of para-hydroxylation sites is 2. The van der Waals surface area contributed by atoms with Gasteiger partial charge in [0, 0.05) is 11.8 Å². The van der Waals surface area contributed by atoms with Crippen LogP contribution in [0.25, 0.3) is 28.1 Å². The van der Waals surface area contributed by atoms with Crippen molar-refractivity contribution in [2.45, 2.75) is 6.42 Å². The summed E-state index contributed by atoms with van der Waals surface area (Å²) < 4.78 is 0. The number of nitrogens with one attached hydrogen (secondary N) is 3. The third kappa shape index (κ3) is 2.91. The molecule has 136 valence electrons. The number of fused-ring (bicyclic) bond motifs is 1. The molecule has 0 atom stereocenters. The molecule has 2 aromatic carbocycles. The Morgan fingerprint density at radius 3 is 2.71 bits per heavy atom. The first kappa shape index (κ1) is 16.3. The van der Waals surface area contributed by atoms with Crippen LogP contribution in [0, 0.1) is 0 Å². The van der Waals surface area contributed by atoms with Gasteiger partial charge in [-0.15, -0.1) is 0 Å². The summed E-state index contributed by atoms with van der Waals surface area (Å²) in [6, 6.07) is 17.8. The van der Waals surface area contributed by atoms with E-state index in [1.54, 1.807) is 6.20 Å². The highest BCUT2D eigenvalue weighted by Crippen LogP contribution is 2.29. The van der Waals surface area contributed by atoms with E-state index in [1.165, 1.54) is 0 Å². The van der Waals surface area contributed by atoms with Crippen LogP contribution in [0.5, 0.6) is 0 Å². The maximum atomic E-state index is 12.8. The van der Waals surface area contributed by atoms with Crippen molar-refractivity contribution in [3.05, 3.63) is 84.1 Å². The SMILES string of the molecule is O=C(Nc1c[nH]nc1-c1nc2ccccc2[nH]1)C1=CC(c2ccccc2)=CC1. The van der Waals surface area contributed by atoms with E-state index in [4.69, 9.17) is 0 Å². The molecule has 1 aliphatic rings. The maximum absolute atomic E-state index is 12.8. The van der Waals surface area contributed by atoms with Gasteiger partial charge in [0.2, 0.25) is 0 Å². The second-order valence-electron chi connectivity index (χ2n) is 6.60. The Morgan fingerprint density at radius 1 is 1.04 bits per heavy atom. The number of hydrogen-bond acceptors (Lipinski definition) is 3. The van der Waals surface area contributed by atoms with Crippen LogP contribution in [0.3, 0.4) is 0 Å². The van der Waals surface area contributed by atoms with Crippen LogP contribution in [0.2, 0.25) is 0 Å². The minimum atomic E-state index is -0.138. The number of benzene rings is 2. The summed E-state index contributed by atoms with van der Waals surface area (Å²) in [7, 11) is 0. The van der Waals surface area contributed by atoms with Crippen molar-refractivity contribution < 1.29 is 4.79 Å². The zero-order valence-corrected chi connectivity index (χ0v) is 14.9. The lowest BCUT2D eigenvalue weighted by atomic mass is 10.1. The fourth-order valence-corrected chi connectivity index (χ4v) is 3.35. The van der Waals surface area contributed by atoms with Crippen LogP contribution < -0.4 is 5.32 Å². The quantitative estimate of drug-likeness (QED) is 0.502. The lowest BCUT2D eigenvalue weighted by molar-refractivity contribution is -0.112. The number of aromatic amines is 2. The maximum Gasteiger partial charge on any atom is 0.252 e. The Hall–Kier alpha value is -3.93. The number of carbonyl (C=O) groups is 1. The Labute approximate surface area is 161 Å². The molecule has 2 heterocycles. The molecule has 3 N–H and O–H groups in total. The average molecular weight is 367 g/mol. The zero-order valence-electron chi connectivity index (χ0n) is 14.9. The number of anilines is 1. The first-order valence-corrected chi connectivity index (χ1v) is 9.04. The summed E-state index contributed by atoms with van der Waals surface area (Å²) in [5, 5.41) is 10.0. The standard InChI is InChI=1S/C22H17N5O/c28-22(16-11-10-15(12-16)14-6-2-1-3-7-14)26-19-13-23-27-20(19)21-24-17-8-4-5-9-18(17)25-21/h1-10,12-13H,11H2,(H,23,27)(H,24,25)(H,26,28). The van der Waals surface area contributed by atoms with Gasteiger partial charge in [-0.25, -0.2) is 4.98 Å². The molecule has 4 aromatic rings. The summed E-state index contributed by atoms with van der Waals surface area (Å²) in [4.78, 5) is 20.6. The molecular formula is C22H17N5O. The molecule has 0 aliphatic heterocycles. The van der Waals surface area contributed by atoms with Crippen molar-refractivity contribution in [1.29, 1.82) is 0 Å². The van der Waals surface area contributed by atoms with E-state index in [0.29, 0.717) is 23.6 Å². The topological polar surface area (TPSA) is 86.5 Å². The van der Waals surface area contributed by atoms with E-state index < -0.39 is 0 Å². The van der Waals surface area contributed by atoms with Gasteiger partial charge in [-0.2, -0.15) is 5.10 Å². The smallest absolute Gasteiger partial charge is 0.252 e. The van der Waals surface area contributed by atoms with Crippen molar-refractivity contribution in [2.24, 2.45) is 0 Å². The summed E-state index contributed by atoms with van der Waals surface area (Å²) in [5.74, 6) is 0.474. The number of H-pyrrole nitrogens is 2. The molecule has 0 saturated carbocycles. The van der Waals surface area contributed by atoms with Crippen molar-refractivity contribution >= 4 is 28.2 Å². The Morgan fingerprint density at radius 2 is 1.86 bits per heavy atom. The summed E-state index contributed by atoms with van der Waals surface area (Å²) in [5.41, 5.74) is 5.85. The molecule has 6 heteroatoms. The molecular weight excluding hydrogens is 350 g/mol. The molecule has 5 rings (SSSR count). The molecule has 28 heavy (non-hydrogen) atoms. The highest BCUT2D eigenvalue weighted by Gasteiger charge is 2.19. The zero-order chi connectivity index (χ0) is 18.9. The van der Waals surface area contributed by atoms with Gasteiger partial charge in [0.25, 0.3) is 5.91 Å². The highest BCUT2D eigenvalue weighted by molar-refractivity contribution is 6.08. The minimum absolute atomic E-state index is 0.138. The Kier molecular flexibility index (Phi) is 3.87. The van der Waals surface area contributed by atoms with Gasteiger partial charge in [-0.1, -0.05) is 48.5 Å². The van der Waals surface area contributed by atoms with E-state index in [9.17, 15) is 4.79 Å². The lowest BCUT2D eigenvalue weighted by Crippen LogP contribution is -2.13. The van der Waals surface area contributed by atoms with E-state index in [2.05, 4.69) is 31.6 Å². The van der Waals surface area contributed by atoms with E-state index in [0.717, 1.165) is 27.7 Å². The fraction of sp³-hybridized carbons (Fsp3) is 0.0455. The van der Waals surface area contributed by atoms with Crippen LogP contribution in [-0.4, -0.2) is 26.1 Å². The molecule has 0 fully saturated rings. The third-order valence-electron chi connectivity index (χ3n) is 4.77. The van der Waals surface area contributed by atoms with Gasteiger partial charge in [-0.3, -0.25) is 9.89 Å². The number of amides is 1. The van der Waals surface area contributed by atoms with Crippen molar-refractivity contribution in [3.63, 3.8) is 0 Å². The van der Waals surface area contributed by atoms with E-state index >= 15 is 0 Å². The first-order valence-electron chi connectivity index (χ1n) is 9.04. The molecule has 0 spiro atoms. The molecule has 0 bridgehead atoms. The predicted octanol–water partition coefficient (Wildman–Crippen LogP) is 4.31. The van der Waals surface area contributed by atoms with E-state index in [-0.39, 0.29) is 5.91 Å². The third-order valence-corrected chi connectivity index (χ3v) is 4.77. The number of carbonyl (C=O) groups excluding carboxylic acids is 1. The largest absolute Gasteiger partial charge is 0.337 e. The minimum Gasteiger partial charge on any atom is -0.337 e. The number of rotatable bonds is 4. The number of imidazole rings is 1. The second kappa shape index (κ2) is 6.66. The van der Waals surface area contributed by atoms with Crippen LogP contribution in [0.4, 0.5) is 5.69 Å². The van der Waals surface area contributed by atoms with Crippen molar-refractivity contribution in [2.75, 3.05) is 5.32 Å². The molecule has 0 saturated heterocycles. The lowest BCUT2D eigenvalue weighted by Gasteiger charge is -2.04. The van der Waals surface area contributed by atoms with Gasteiger partial charge < -0.3 is 10.3 Å². The Bertz CT molecular complexity index is 1200. The fourth-order valence-electron chi connectivity index (χ4n) is 3.35.